The van der Waals surface area contributed by atoms with Gasteiger partial charge in [0.05, 0.1) is 6.54 Å². The van der Waals surface area contributed by atoms with Crippen molar-refractivity contribution in [2.24, 2.45) is 0 Å². The number of aromatic amines is 1. The summed E-state index contributed by atoms with van der Waals surface area (Å²) in [6.45, 7) is 8.04. The first kappa shape index (κ1) is 16.3. The monoisotopic (exact) mass is 305 g/mol. The molecule has 120 valence electrons. The quantitative estimate of drug-likeness (QED) is 0.890. The van der Waals surface area contributed by atoms with Crippen molar-refractivity contribution in [3.63, 3.8) is 0 Å². The summed E-state index contributed by atoms with van der Waals surface area (Å²) < 4.78 is 13.7. The van der Waals surface area contributed by atoms with Gasteiger partial charge < -0.3 is 15.2 Å². The van der Waals surface area contributed by atoms with E-state index in [0.29, 0.717) is 18.5 Å². The highest BCUT2D eigenvalue weighted by atomic mass is 19.1. The molecule has 1 aliphatic rings. The predicted octanol–water partition coefficient (Wildman–Crippen LogP) is 3.81. The van der Waals surface area contributed by atoms with Crippen molar-refractivity contribution in [3.05, 3.63) is 35.3 Å². The van der Waals surface area contributed by atoms with Gasteiger partial charge in [-0.2, -0.15) is 0 Å². The Labute approximate surface area is 130 Å². The summed E-state index contributed by atoms with van der Waals surface area (Å²) in [5.74, 6) is -0.171. The molecular formula is C17H24FN3O. The fourth-order valence-electron chi connectivity index (χ4n) is 2.43. The van der Waals surface area contributed by atoms with Crippen LogP contribution in [0.1, 0.15) is 38.4 Å². The van der Waals surface area contributed by atoms with E-state index in [1.54, 1.807) is 11.0 Å². The molecule has 0 spiro atoms. The zero-order chi connectivity index (χ0) is 16.1. The smallest absolute Gasteiger partial charge is 0.317 e. The van der Waals surface area contributed by atoms with Gasteiger partial charge in [-0.1, -0.05) is 20.8 Å². The van der Waals surface area contributed by atoms with Gasteiger partial charge in [-0.25, -0.2) is 9.18 Å². The van der Waals surface area contributed by atoms with E-state index in [0.717, 1.165) is 36.1 Å². The van der Waals surface area contributed by atoms with Gasteiger partial charge in [0.1, 0.15) is 5.82 Å². The molecule has 5 heteroatoms. The van der Waals surface area contributed by atoms with Gasteiger partial charge in [0.25, 0.3) is 0 Å². The van der Waals surface area contributed by atoms with E-state index in [2.05, 4.69) is 10.3 Å². The van der Waals surface area contributed by atoms with Crippen LogP contribution in [-0.4, -0.2) is 29.0 Å². The lowest BCUT2D eigenvalue weighted by Crippen LogP contribution is -2.47. The number of likely N-dealkylation sites (tertiary alicyclic amines) is 1. The maximum absolute atomic E-state index is 13.7. The number of rotatable bonds is 3. The van der Waals surface area contributed by atoms with Gasteiger partial charge in [-0.15, -0.1) is 0 Å². The number of nitrogens with zero attached hydrogens (tertiary/aromatic N) is 1. The minimum absolute atomic E-state index is 0.0321. The van der Waals surface area contributed by atoms with Crippen LogP contribution in [0, 0.1) is 5.82 Å². The zero-order valence-corrected chi connectivity index (χ0v) is 13.5. The number of amides is 2. The minimum Gasteiger partial charge on any atom is -0.357 e. The average molecular weight is 305 g/mol. The lowest BCUT2D eigenvalue weighted by Gasteiger charge is -2.30. The van der Waals surface area contributed by atoms with Gasteiger partial charge in [0, 0.05) is 29.7 Å². The molecule has 2 aromatic rings. The number of fused-ring (bicyclic) bond motifs is 1. The van der Waals surface area contributed by atoms with Crippen molar-refractivity contribution in [2.75, 3.05) is 13.1 Å². The Morgan fingerprint density at radius 2 is 2.05 bits per heavy atom. The van der Waals surface area contributed by atoms with Crippen molar-refractivity contribution in [1.82, 2.24) is 15.2 Å². The lowest BCUT2D eigenvalue weighted by atomic mass is 10.1. The number of nitrogens with one attached hydrogen (secondary N) is 2. The Hall–Kier alpha value is -2.04. The zero-order valence-electron chi connectivity index (χ0n) is 13.5. The molecule has 1 saturated heterocycles. The molecular weight excluding hydrogens is 281 g/mol. The van der Waals surface area contributed by atoms with Crippen molar-refractivity contribution in [3.8, 4) is 0 Å². The summed E-state index contributed by atoms with van der Waals surface area (Å²) in [7, 11) is 0. The second-order valence-electron chi connectivity index (χ2n) is 5.18. The van der Waals surface area contributed by atoms with Gasteiger partial charge in [-0.05, 0) is 36.6 Å². The third kappa shape index (κ3) is 3.40. The number of halogens is 1. The molecule has 2 N–H and O–H groups in total. The Balaban J connectivity index is 0.000000847. The maximum atomic E-state index is 13.7. The molecule has 1 aromatic heterocycles. The summed E-state index contributed by atoms with van der Waals surface area (Å²) >= 11 is 0. The first-order chi connectivity index (χ1) is 10.7. The SMILES string of the molecule is CC.CCc1cc2[nH]c(CNC(=O)N3CCC3)cc2cc1F. The number of hydrogen-bond donors (Lipinski definition) is 2. The number of benzene rings is 1. The number of carbonyl (C=O) groups is 1. The Morgan fingerprint density at radius 1 is 1.32 bits per heavy atom. The Morgan fingerprint density at radius 3 is 2.64 bits per heavy atom. The number of aryl methyl sites for hydroxylation is 1. The molecule has 3 rings (SSSR count). The Kier molecular flexibility index (Phi) is 5.41. The molecule has 0 radical (unpaired) electrons. The molecule has 0 saturated carbocycles. The fourth-order valence-corrected chi connectivity index (χ4v) is 2.43. The van der Waals surface area contributed by atoms with Crippen LogP contribution in [0.25, 0.3) is 10.9 Å². The minimum atomic E-state index is -0.171. The highest BCUT2D eigenvalue weighted by Crippen LogP contribution is 2.20. The molecule has 1 fully saturated rings. The van der Waals surface area contributed by atoms with Gasteiger partial charge in [0.2, 0.25) is 0 Å². The topological polar surface area (TPSA) is 48.1 Å². The second-order valence-corrected chi connectivity index (χ2v) is 5.18. The summed E-state index contributed by atoms with van der Waals surface area (Å²) in [5, 5.41) is 3.71. The summed E-state index contributed by atoms with van der Waals surface area (Å²) in [4.78, 5) is 16.7. The van der Waals surface area contributed by atoms with E-state index in [1.165, 1.54) is 0 Å². The van der Waals surface area contributed by atoms with E-state index in [-0.39, 0.29) is 11.8 Å². The van der Waals surface area contributed by atoms with E-state index >= 15 is 0 Å². The van der Waals surface area contributed by atoms with Crippen LogP contribution < -0.4 is 5.32 Å². The average Bonchev–Trinajstić information content (AvgIpc) is 2.86. The van der Waals surface area contributed by atoms with Crippen molar-refractivity contribution in [2.45, 2.75) is 40.2 Å². The summed E-state index contributed by atoms with van der Waals surface area (Å²) in [6.07, 6.45) is 1.75. The van der Waals surface area contributed by atoms with Crippen LogP contribution in [0.2, 0.25) is 0 Å². The molecule has 2 heterocycles. The molecule has 4 nitrogen and oxygen atoms in total. The third-order valence-corrected chi connectivity index (χ3v) is 3.80. The highest BCUT2D eigenvalue weighted by Gasteiger charge is 2.19. The number of aromatic nitrogens is 1. The van der Waals surface area contributed by atoms with Crippen LogP contribution in [0.3, 0.4) is 0 Å². The maximum Gasteiger partial charge on any atom is 0.317 e. The van der Waals surface area contributed by atoms with E-state index in [1.807, 2.05) is 32.9 Å². The van der Waals surface area contributed by atoms with Crippen LogP contribution in [-0.2, 0) is 13.0 Å². The molecule has 22 heavy (non-hydrogen) atoms. The highest BCUT2D eigenvalue weighted by molar-refractivity contribution is 5.81. The van der Waals surface area contributed by atoms with Crippen molar-refractivity contribution < 1.29 is 9.18 Å². The Bertz CT molecular complexity index is 647. The van der Waals surface area contributed by atoms with Gasteiger partial charge in [0.15, 0.2) is 0 Å². The molecule has 0 aliphatic carbocycles. The number of hydrogen-bond acceptors (Lipinski definition) is 1. The van der Waals surface area contributed by atoms with E-state index in [4.69, 9.17) is 0 Å². The van der Waals surface area contributed by atoms with E-state index in [9.17, 15) is 9.18 Å². The van der Waals surface area contributed by atoms with Crippen LogP contribution in [0.4, 0.5) is 9.18 Å². The largest absolute Gasteiger partial charge is 0.357 e. The van der Waals surface area contributed by atoms with Crippen molar-refractivity contribution in [1.29, 1.82) is 0 Å². The first-order valence-corrected chi connectivity index (χ1v) is 8.00. The molecule has 0 unspecified atom stereocenters. The molecule has 1 aromatic carbocycles. The van der Waals surface area contributed by atoms with Crippen LogP contribution in [0.15, 0.2) is 18.2 Å². The molecule has 0 bridgehead atoms. The summed E-state index contributed by atoms with van der Waals surface area (Å²) in [6, 6.07) is 5.24. The van der Waals surface area contributed by atoms with Gasteiger partial charge in [-0.3, -0.25) is 0 Å². The molecule has 2 amide bonds. The van der Waals surface area contributed by atoms with E-state index < -0.39 is 0 Å². The molecule has 0 atom stereocenters. The number of carbonyl (C=O) groups excluding carboxylic acids is 1. The first-order valence-electron chi connectivity index (χ1n) is 8.00. The number of urea groups is 1. The number of H-pyrrole nitrogens is 1. The normalized spacial score (nSPS) is 13.4. The fraction of sp³-hybridized carbons (Fsp3) is 0.471. The lowest BCUT2D eigenvalue weighted by molar-refractivity contribution is 0.167. The standard InChI is InChI=1S/C15H18FN3O.C2H6/c1-2-10-8-14-11(7-13(10)16)6-12(18-14)9-17-15(20)19-4-3-5-19;1-2/h6-8,18H,2-5,9H2,1H3,(H,17,20);1-2H3. The second kappa shape index (κ2) is 7.29. The predicted molar refractivity (Wildman–Crippen MR) is 87.4 cm³/mol. The van der Waals surface area contributed by atoms with Crippen molar-refractivity contribution >= 4 is 16.9 Å². The summed E-state index contributed by atoms with van der Waals surface area (Å²) in [5.41, 5.74) is 2.51. The van der Waals surface area contributed by atoms with Crippen LogP contribution >= 0.6 is 0 Å². The van der Waals surface area contributed by atoms with Gasteiger partial charge >= 0.3 is 6.03 Å². The molecule has 1 aliphatic heterocycles. The third-order valence-electron chi connectivity index (χ3n) is 3.80. The van der Waals surface area contributed by atoms with Crippen LogP contribution in [0.5, 0.6) is 0 Å².